The Morgan fingerprint density at radius 2 is 2.17 bits per heavy atom. The van der Waals surface area contributed by atoms with Crippen LogP contribution in [0.3, 0.4) is 0 Å². The molecular formula is C15H15NO2. The highest BCUT2D eigenvalue weighted by molar-refractivity contribution is 5.83. The van der Waals surface area contributed by atoms with Crippen LogP contribution in [-0.2, 0) is 16.1 Å². The van der Waals surface area contributed by atoms with Crippen molar-refractivity contribution < 1.29 is 9.53 Å². The minimum Gasteiger partial charge on any atom is -0.460 e. The second-order valence-corrected chi connectivity index (χ2v) is 4.70. The van der Waals surface area contributed by atoms with E-state index in [1.54, 1.807) is 0 Å². The molecule has 1 aromatic rings. The molecule has 3 rings (SSSR count). The van der Waals surface area contributed by atoms with Crippen LogP contribution in [0.1, 0.15) is 12.0 Å². The molecular weight excluding hydrogens is 226 g/mol. The van der Waals surface area contributed by atoms with Gasteiger partial charge in [-0.2, -0.15) is 0 Å². The summed E-state index contributed by atoms with van der Waals surface area (Å²) in [4.78, 5) is 11.9. The van der Waals surface area contributed by atoms with E-state index in [1.807, 2.05) is 48.6 Å². The first-order valence-corrected chi connectivity index (χ1v) is 6.13. The number of rotatable bonds is 3. The van der Waals surface area contributed by atoms with E-state index < -0.39 is 0 Å². The van der Waals surface area contributed by atoms with Crippen molar-refractivity contribution in [3.63, 3.8) is 0 Å². The molecule has 1 spiro atoms. The predicted molar refractivity (Wildman–Crippen MR) is 68.8 cm³/mol. The summed E-state index contributed by atoms with van der Waals surface area (Å²) in [5.74, 6) is -0.168. The van der Waals surface area contributed by atoms with Gasteiger partial charge in [0.25, 0.3) is 0 Å². The number of benzene rings is 1. The monoisotopic (exact) mass is 241 g/mol. The first-order valence-electron chi connectivity index (χ1n) is 6.13. The standard InChI is InChI=1S/C15H15NO2/c17-14(18-11-12-7-3-1-4-8-12)13-15(16-13)9-5-2-6-10-15/h1-9,13,16H,10-11H2/t13-,15?/m1/s1. The first-order chi connectivity index (χ1) is 8.80. The lowest BCUT2D eigenvalue weighted by molar-refractivity contribution is -0.144. The maximum atomic E-state index is 11.9. The number of nitrogens with one attached hydrogen (secondary N) is 1. The summed E-state index contributed by atoms with van der Waals surface area (Å²) in [5, 5.41) is 3.21. The molecule has 0 aromatic heterocycles. The molecule has 1 heterocycles. The van der Waals surface area contributed by atoms with Crippen LogP contribution in [0.4, 0.5) is 0 Å². The topological polar surface area (TPSA) is 48.2 Å². The highest BCUT2D eigenvalue weighted by atomic mass is 16.5. The number of esters is 1. The smallest absolute Gasteiger partial charge is 0.325 e. The number of hydrogen-bond donors (Lipinski definition) is 1. The van der Waals surface area contributed by atoms with E-state index in [2.05, 4.69) is 11.4 Å². The lowest BCUT2D eigenvalue weighted by atomic mass is 9.96. The van der Waals surface area contributed by atoms with E-state index in [1.165, 1.54) is 0 Å². The molecule has 1 unspecified atom stereocenters. The van der Waals surface area contributed by atoms with Crippen LogP contribution in [0.15, 0.2) is 54.6 Å². The molecule has 0 saturated carbocycles. The normalized spacial score (nSPS) is 28.3. The molecule has 0 bridgehead atoms. The summed E-state index contributed by atoms with van der Waals surface area (Å²) in [6.07, 6.45) is 8.94. The van der Waals surface area contributed by atoms with Gasteiger partial charge in [-0.25, -0.2) is 0 Å². The summed E-state index contributed by atoms with van der Waals surface area (Å²) in [6.45, 7) is 0.341. The molecule has 2 atom stereocenters. The fraction of sp³-hybridized carbons (Fsp3) is 0.267. The highest BCUT2D eigenvalue weighted by Crippen LogP contribution is 2.35. The van der Waals surface area contributed by atoms with Gasteiger partial charge < -0.3 is 4.74 Å². The van der Waals surface area contributed by atoms with Crippen molar-refractivity contribution in [2.75, 3.05) is 0 Å². The third-order valence-corrected chi connectivity index (χ3v) is 3.40. The average molecular weight is 241 g/mol. The van der Waals surface area contributed by atoms with E-state index in [9.17, 15) is 4.79 Å². The number of allylic oxidation sites excluding steroid dienone is 2. The van der Waals surface area contributed by atoms with Gasteiger partial charge in [0.2, 0.25) is 0 Å². The molecule has 0 amide bonds. The summed E-state index contributed by atoms with van der Waals surface area (Å²) in [5.41, 5.74) is 0.835. The Hall–Kier alpha value is -1.87. The lowest BCUT2D eigenvalue weighted by Crippen LogP contribution is -2.21. The third kappa shape index (κ3) is 2.09. The van der Waals surface area contributed by atoms with Crippen LogP contribution in [0.25, 0.3) is 0 Å². The van der Waals surface area contributed by atoms with Crippen molar-refractivity contribution in [3.8, 4) is 0 Å². The fourth-order valence-corrected chi connectivity index (χ4v) is 2.27. The molecule has 18 heavy (non-hydrogen) atoms. The molecule has 3 heteroatoms. The van der Waals surface area contributed by atoms with Crippen molar-refractivity contribution in [2.45, 2.75) is 24.6 Å². The molecule has 1 N–H and O–H groups in total. The number of ether oxygens (including phenoxy) is 1. The van der Waals surface area contributed by atoms with E-state index in [0.29, 0.717) is 6.61 Å². The quantitative estimate of drug-likeness (QED) is 0.650. The number of carbonyl (C=O) groups excluding carboxylic acids is 1. The van der Waals surface area contributed by atoms with Gasteiger partial charge in [-0.05, 0) is 12.0 Å². The number of hydrogen-bond acceptors (Lipinski definition) is 3. The highest BCUT2D eigenvalue weighted by Gasteiger charge is 2.56. The summed E-state index contributed by atoms with van der Waals surface area (Å²) in [6, 6.07) is 9.53. The maximum absolute atomic E-state index is 11.9. The largest absolute Gasteiger partial charge is 0.460 e. The first kappa shape index (κ1) is 11.2. The Morgan fingerprint density at radius 1 is 1.33 bits per heavy atom. The third-order valence-electron chi connectivity index (χ3n) is 3.40. The predicted octanol–water partition coefficient (Wildman–Crippen LogP) is 1.96. The van der Waals surface area contributed by atoms with Crippen molar-refractivity contribution in [3.05, 3.63) is 60.2 Å². The Balaban J connectivity index is 1.55. The minimum atomic E-state index is -0.192. The van der Waals surface area contributed by atoms with Gasteiger partial charge in [0, 0.05) is 0 Å². The molecule has 2 aliphatic rings. The molecule has 1 aliphatic carbocycles. The Labute approximate surface area is 106 Å². The second kappa shape index (κ2) is 4.42. The van der Waals surface area contributed by atoms with Crippen molar-refractivity contribution in [1.82, 2.24) is 5.32 Å². The van der Waals surface area contributed by atoms with Crippen molar-refractivity contribution in [2.24, 2.45) is 0 Å². The zero-order chi connectivity index (χ0) is 12.4. The van der Waals surface area contributed by atoms with Crippen molar-refractivity contribution >= 4 is 5.97 Å². The summed E-state index contributed by atoms with van der Waals surface area (Å²) in [7, 11) is 0. The Morgan fingerprint density at radius 3 is 2.89 bits per heavy atom. The van der Waals surface area contributed by atoms with Gasteiger partial charge in [0.15, 0.2) is 0 Å². The Kier molecular flexibility index (Phi) is 2.76. The zero-order valence-electron chi connectivity index (χ0n) is 10.0. The van der Waals surface area contributed by atoms with Crippen LogP contribution in [-0.4, -0.2) is 17.6 Å². The minimum absolute atomic E-state index is 0.168. The summed E-state index contributed by atoms with van der Waals surface area (Å²) < 4.78 is 5.32. The molecule has 1 aliphatic heterocycles. The lowest BCUT2D eigenvalue weighted by Gasteiger charge is -2.10. The molecule has 0 radical (unpaired) electrons. The van der Waals surface area contributed by atoms with E-state index >= 15 is 0 Å². The van der Waals surface area contributed by atoms with Gasteiger partial charge in [-0.15, -0.1) is 0 Å². The van der Waals surface area contributed by atoms with Crippen LogP contribution in [0.2, 0.25) is 0 Å². The molecule has 3 nitrogen and oxygen atoms in total. The van der Waals surface area contributed by atoms with Crippen molar-refractivity contribution in [1.29, 1.82) is 0 Å². The van der Waals surface area contributed by atoms with Gasteiger partial charge >= 0.3 is 5.97 Å². The van der Waals surface area contributed by atoms with Gasteiger partial charge in [-0.1, -0.05) is 54.6 Å². The van der Waals surface area contributed by atoms with Gasteiger partial charge in [0.1, 0.15) is 12.6 Å². The van der Waals surface area contributed by atoms with Crippen LogP contribution in [0, 0.1) is 0 Å². The summed E-state index contributed by atoms with van der Waals surface area (Å²) >= 11 is 0. The Bertz CT molecular complexity index is 506. The zero-order valence-corrected chi connectivity index (χ0v) is 10.0. The molecule has 1 aromatic carbocycles. The molecule has 1 fully saturated rings. The van der Waals surface area contributed by atoms with Crippen LogP contribution in [0.5, 0.6) is 0 Å². The van der Waals surface area contributed by atoms with Gasteiger partial charge in [0.05, 0.1) is 5.54 Å². The van der Waals surface area contributed by atoms with Crippen LogP contribution >= 0.6 is 0 Å². The average Bonchev–Trinajstić information content (AvgIpc) is 3.12. The molecule has 92 valence electrons. The second-order valence-electron chi connectivity index (χ2n) is 4.70. The molecule has 1 saturated heterocycles. The van der Waals surface area contributed by atoms with E-state index in [-0.39, 0.29) is 17.6 Å². The van der Waals surface area contributed by atoms with Gasteiger partial charge in [-0.3, -0.25) is 10.1 Å². The fourth-order valence-electron chi connectivity index (χ4n) is 2.27. The number of carbonyl (C=O) groups is 1. The SMILES string of the molecule is O=C(OCc1ccccc1)[C@H]1NC12C=CC=CC2. The van der Waals surface area contributed by atoms with E-state index in [4.69, 9.17) is 4.74 Å². The van der Waals surface area contributed by atoms with E-state index in [0.717, 1.165) is 12.0 Å². The maximum Gasteiger partial charge on any atom is 0.325 e. The van der Waals surface area contributed by atoms with Crippen LogP contribution < -0.4 is 5.32 Å².